The molecule has 0 amide bonds. The molecule has 1 aromatic rings. The van der Waals surface area contributed by atoms with Gasteiger partial charge in [0.1, 0.15) is 5.69 Å². The number of unbranched alkanes of at least 4 members (excludes halogenated alkanes) is 1. The fourth-order valence-corrected chi connectivity index (χ4v) is 1.10. The van der Waals surface area contributed by atoms with Gasteiger partial charge in [0.15, 0.2) is 0 Å². The van der Waals surface area contributed by atoms with E-state index in [1.807, 2.05) is 0 Å². The smallest absolute Gasteiger partial charge is 0.328 e. The van der Waals surface area contributed by atoms with Gasteiger partial charge in [0.05, 0.1) is 0 Å². The number of rotatable bonds is 4. The normalized spacial score (nSPS) is 10.0. The number of nitrogen functional groups attached to an aromatic ring is 1. The number of hydrogen-bond acceptors (Lipinski definition) is 3. The zero-order chi connectivity index (χ0) is 10.6. The summed E-state index contributed by atoms with van der Waals surface area (Å²) in [5.41, 5.74) is 4.47. The number of aromatic amines is 1. The van der Waals surface area contributed by atoms with Gasteiger partial charge in [-0.15, -0.1) is 6.58 Å². The molecular weight excluding hydrogens is 182 g/mol. The van der Waals surface area contributed by atoms with E-state index in [4.69, 9.17) is 5.73 Å². The molecule has 76 valence electrons. The average molecular weight is 195 g/mol. The minimum atomic E-state index is -0.532. The first-order valence-corrected chi connectivity index (χ1v) is 4.35. The van der Waals surface area contributed by atoms with Crippen molar-refractivity contribution in [2.24, 2.45) is 0 Å². The van der Waals surface area contributed by atoms with Crippen LogP contribution in [0.1, 0.15) is 12.8 Å². The van der Waals surface area contributed by atoms with Crippen molar-refractivity contribution < 1.29 is 0 Å². The number of allylic oxidation sites excluding steroid dienone is 1. The van der Waals surface area contributed by atoms with Crippen LogP contribution in [0.5, 0.6) is 0 Å². The summed E-state index contributed by atoms with van der Waals surface area (Å²) in [6, 6.07) is 0. The molecule has 1 heterocycles. The largest absolute Gasteiger partial charge is 0.393 e. The maximum Gasteiger partial charge on any atom is 0.328 e. The Labute approximate surface area is 80.9 Å². The molecule has 0 fully saturated rings. The van der Waals surface area contributed by atoms with Gasteiger partial charge in [-0.3, -0.25) is 14.3 Å². The van der Waals surface area contributed by atoms with Crippen LogP contribution in [0.25, 0.3) is 0 Å². The molecule has 0 saturated carbocycles. The molecule has 1 aromatic heterocycles. The number of hydrogen-bond donors (Lipinski definition) is 2. The number of nitrogens with two attached hydrogens (primary N) is 1. The van der Waals surface area contributed by atoms with Gasteiger partial charge in [-0.1, -0.05) is 6.08 Å². The molecule has 14 heavy (non-hydrogen) atoms. The number of nitrogens with one attached hydrogen (secondary N) is 1. The SMILES string of the molecule is C=CCCCn1cc(N)c(=O)[nH]c1=O. The molecule has 3 N–H and O–H groups in total. The number of aryl methyl sites for hydroxylation is 1. The van der Waals surface area contributed by atoms with Crippen LogP contribution in [-0.4, -0.2) is 9.55 Å². The van der Waals surface area contributed by atoms with Crippen LogP contribution >= 0.6 is 0 Å². The van der Waals surface area contributed by atoms with Crippen molar-refractivity contribution in [3.8, 4) is 0 Å². The third-order valence-corrected chi connectivity index (χ3v) is 1.85. The highest BCUT2D eigenvalue weighted by molar-refractivity contribution is 5.30. The van der Waals surface area contributed by atoms with E-state index in [2.05, 4.69) is 11.6 Å². The van der Waals surface area contributed by atoms with Gasteiger partial charge >= 0.3 is 5.69 Å². The lowest BCUT2D eigenvalue weighted by atomic mass is 10.3. The minimum absolute atomic E-state index is 0.0585. The standard InChI is InChI=1S/C9H13N3O2/c1-2-3-4-5-12-6-7(10)8(13)11-9(12)14/h2,6H,1,3-5,10H2,(H,11,13,14). The van der Waals surface area contributed by atoms with Crippen LogP contribution < -0.4 is 17.0 Å². The van der Waals surface area contributed by atoms with Gasteiger partial charge in [-0.2, -0.15) is 0 Å². The summed E-state index contributed by atoms with van der Waals surface area (Å²) in [5, 5.41) is 0. The second kappa shape index (κ2) is 4.45. The molecule has 0 atom stereocenters. The van der Waals surface area contributed by atoms with E-state index in [-0.39, 0.29) is 5.69 Å². The lowest BCUT2D eigenvalue weighted by molar-refractivity contribution is 0.612. The van der Waals surface area contributed by atoms with Gasteiger partial charge < -0.3 is 5.73 Å². The molecule has 0 spiro atoms. The highest BCUT2D eigenvalue weighted by atomic mass is 16.2. The van der Waals surface area contributed by atoms with E-state index in [1.54, 1.807) is 6.08 Å². The van der Waals surface area contributed by atoms with Crippen molar-refractivity contribution in [1.29, 1.82) is 0 Å². The number of nitrogens with zero attached hydrogens (tertiary/aromatic N) is 1. The molecule has 0 aliphatic heterocycles. The quantitative estimate of drug-likeness (QED) is 0.527. The molecule has 0 unspecified atom stereocenters. The van der Waals surface area contributed by atoms with Gasteiger partial charge in [0.2, 0.25) is 0 Å². The van der Waals surface area contributed by atoms with Crippen LogP contribution in [0.3, 0.4) is 0 Å². The van der Waals surface area contributed by atoms with E-state index in [0.29, 0.717) is 6.54 Å². The summed E-state index contributed by atoms with van der Waals surface area (Å²) in [7, 11) is 0. The molecule has 5 nitrogen and oxygen atoms in total. The first-order chi connectivity index (χ1) is 6.65. The predicted molar refractivity (Wildman–Crippen MR) is 55.2 cm³/mol. The van der Waals surface area contributed by atoms with Crippen LogP contribution in [0.15, 0.2) is 28.4 Å². The molecule has 0 aliphatic carbocycles. The lowest BCUT2D eigenvalue weighted by Crippen LogP contribution is -2.31. The Bertz CT molecular complexity index is 430. The molecule has 0 bridgehead atoms. The van der Waals surface area contributed by atoms with Crippen molar-refractivity contribution in [2.75, 3.05) is 5.73 Å². The zero-order valence-electron chi connectivity index (χ0n) is 7.82. The van der Waals surface area contributed by atoms with Crippen molar-refractivity contribution in [2.45, 2.75) is 19.4 Å². The van der Waals surface area contributed by atoms with E-state index in [0.717, 1.165) is 12.8 Å². The molecule has 0 saturated heterocycles. The summed E-state index contributed by atoms with van der Waals surface area (Å²) in [4.78, 5) is 24.3. The van der Waals surface area contributed by atoms with Crippen LogP contribution in [0, 0.1) is 0 Å². The van der Waals surface area contributed by atoms with Gasteiger partial charge in [-0.25, -0.2) is 4.79 Å². The van der Waals surface area contributed by atoms with E-state index in [1.165, 1.54) is 10.8 Å². The molecule has 0 radical (unpaired) electrons. The van der Waals surface area contributed by atoms with Crippen LogP contribution in [-0.2, 0) is 6.54 Å². The molecule has 5 heteroatoms. The third-order valence-electron chi connectivity index (χ3n) is 1.85. The van der Waals surface area contributed by atoms with Crippen LogP contribution in [0.2, 0.25) is 0 Å². The Morgan fingerprint density at radius 3 is 2.93 bits per heavy atom. The van der Waals surface area contributed by atoms with Gasteiger partial charge in [0, 0.05) is 12.7 Å². The first-order valence-electron chi connectivity index (χ1n) is 4.35. The van der Waals surface area contributed by atoms with Crippen molar-refractivity contribution >= 4 is 5.69 Å². The number of anilines is 1. The van der Waals surface area contributed by atoms with E-state index in [9.17, 15) is 9.59 Å². The monoisotopic (exact) mass is 195 g/mol. The highest BCUT2D eigenvalue weighted by Crippen LogP contribution is 1.94. The van der Waals surface area contributed by atoms with E-state index >= 15 is 0 Å². The first kappa shape index (κ1) is 10.3. The predicted octanol–water partition coefficient (Wildman–Crippen LogP) is 0.0850. The second-order valence-corrected chi connectivity index (χ2v) is 2.97. The summed E-state index contributed by atoms with van der Waals surface area (Å²) < 4.78 is 1.39. The minimum Gasteiger partial charge on any atom is -0.393 e. The fourth-order valence-electron chi connectivity index (χ4n) is 1.10. The maximum absolute atomic E-state index is 11.2. The zero-order valence-corrected chi connectivity index (χ0v) is 7.82. The summed E-state index contributed by atoms with van der Waals surface area (Å²) in [5.74, 6) is 0. The van der Waals surface area contributed by atoms with Crippen molar-refractivity contribution in [3.05, 3.63) is 39.7 Å². The maximum atomic E-state index is 11.2. The van der Waals surface area contributed by atoms with Crippen LogP contribution in [0.4, 0.5) is 5.69 Å². The Balaban J connectivity index is 2.87. The van der Waals surface area contributed by atoms with Gasteiger partial charge in [-0.05, 0) is 12.8 Å². The number of H-pyrrole nitrogens is 1. The molecule has 1 rings (SSSR count). The van der Waals surface area contributed by atoms with Crippen molar-refractivity contribution in [1.82, 2.24) is 9.55 Å². The summed E-state index contributed by atoms with van der Waals surface area (Å²) in [6.45, 7) is 4.11. The topological polar surface area (TPSA) is 80.9 Å². The Morgan fingerprint density at radius 1 is 1.57 bits per heavy atom. The Kier molecular flexibility index (Phi) is 3.28. The Morgan fingerprint density at radius 2 is 2.29 bits per heavy atom. The number of aromatic nitrogens is 2. The molecule has 0 aromatic carbocycles. The molecular formula is C9H13N3O2. The highest BCUT2D eigenvalue weighted by Gasteiger charge is 1.99. The average Bonchev–Trinajstić information content (AvgIpc) is 2.14. The lowest BCUT2D eigenvalue weighted by Gasteiger charge is -2.03. The third kappa shape index (κ3) is 2.35. The Hall–Kier alpha value is -1.78. The summed E-state index contributed by atoms with van der Waals surface area (Å²) >= 11 is 0. The van der Waals surface area contributed by atoms with Crippen molar-refractivity contribution in [3.63, 3.8) is 0 Å². The fraction of sp³-hybridized carbons (Fsp3) is 0.333. The van der Waals surface area contributed by atoms with Gasteiger partial charge in [0.25, 0.3) is 5.56 Å². The second-order valence-electron chi connectivity index (χ2n) is 2.97. The van der Waals surface area contributed by atoms with E-state index < -0.39 is 11.2 Å². The summed E-state index contributed by atoms with van der Waals surface area (Å²) in [6.07, 6.45) is 4.77. The molecule has 0 aliphatic rings.